The van der Waals surface area contributed by atoms with E-state index in [2.05, 4.69) is 27.6 Å². The van der Waals surface area contributed by atoms with Crippen LogP contribution in [0.15, 0.2) is 0 Å². The minimum absolute atomic E-state index is 0. The van der Waals surface area contributed by atoms with Crippen molar-refractivity contribution in [1.29, 1.82) is 0 Å². The van der Waals surface area contributed by atoms with E-state index in [1.165, 1.54) is 0 Å². The summed E-state index contributed by atoms with van der Waals surface area (Å²) < 4.78 is 3.19. The van der Waals surface area contributed by atoms with Crippen molar-refractivity contribution in [2.45, 2.75) is 0 Å². The third kappa shape index (κ3) is 9.11. The van der Waals surface area contributed by atoms with E-state index in [-0.39, 0.29) is 40.4 Å². The summed E-state index contributed by atoms with van der Waals surface area (Å²) in [5, 5.41) is 0. The maximum Gasteiger partial charge on any atom is 0.0832 e. The molecule has 0 aromatic rings. The van der Waals surface area contributed by atoms with Crippen LogP contribution in [0.25, 0.3) is 0 Å². The zero-order chi connectivity index (χ0) is 2.71. The Hall–Kier alpha value is 1.88. The molecule has 0 aromatic heterocycles. The Bertz CT molecular complexity index is 6.00. The summed E-state index contributed by atoms with van der Waals surface area (Å²) in [4.78, 5) is 0. The number of hydrogen-bond donors (Lipinski definition) is 0. The Labute approximate surface area is 67.0 Å². The molecule has 0 aliphatic rings. The Kier molecular flexibility index (Phi) is 20.6. The smallest absolute Gasteiger partial charge is 0.0832 e. The van der Waals surface area contributed by atoms with Gasteiger partial charge in [0.1, 0.15) is 0 Å². The van der Waals surface area contributed by atoms with Crippen LogP contribution in [-0.4, -0.2) is 0 Å². The molecule has 4 heteroatoms. The Morgan fingerprint density at radius 2 is 1.25 bits per heavy atom. The van der Waals surface area contributed by atoms with Crippen LogP contribution in [0, 0.1) is 40.4 Å². The zero-order valence-corrected chi connectivity index (χ0v) is 5.99. The first kappa shape index (κ1) is 9.30. The molecule has 1 nitrogen and oxygen atoms in total. The molecule has 1 radical (unpaired) electrons. The normalized spacial score (nSPS) is 4.50. The van der Waals surface area contributed by atoms with Crippen molar-refractivity contribution in [2.75, 3.05) is 0 Å². The number of halogens is 2. The summed E-state index contributed by atoms with van der Waals surface area (Å²) in [6, 6.07) is 0. The van der Waals surface area contributed by atoms with Gasteiger partial charge in [-0.05, 0) is 0 Å². The summed E-state index contributed by atoms with van der Waals surface area (Å²) in [7, 11) is 0. The molecule has 4 heavy (non-hydrogen) atoms. The predicted octanol–water partition coefficient (Wildman–Crippen LogP) is 1.31. The third-order valence-electron chi connectivity index (χ3n) is 0. The molecule has 0 fully saturated rings. The van der Waals surface area contributed by atoms with Gasteiger partial charge in [-0.2, -0.15) is 3.84 Å². The minimum Gasteiger partial charge on any atom is -0.166 e. The van der Waals surface area contributed by atoms with E-state index in [4.69, 9.17) is 0 Å². The Balaban J connectivity index is 0. The molecule has 0 rings (SSSR count). The van der Waals surface area contributed by atoms with E-state index in [9.17, 15) is 0 Å². The fourth-order valence-corrected chi connectivity index (χ4v) is 0. The summed E-state index contributed by atoms with van der Waals surface area (Å²) >= 11 is 8.53. The van der Waals surface area contributed by atoms with Crippen LogP contribution in [-0.2, 0) is 3.84 Å². The van der Waals surface area contributed by atoms with Crippen molar-refractivity contribution in [3.63, 3.8) is 0 Å². The Morgan fingerprint density at radius 1 is 1.25 bits per heavy atom. The standard InChI is InChI=1S/Cl2O.Pm/c1-3-2;. The third-order valence-corrected chi connectivity index (χ3v) is 0. The quantitative estimate of drug-likeness (QED) is 0.611. The molecular weight excluding hydrogens is 232 g/mol. The molecule has 0 saturated carbocycles. The number of rotatable bonds is 0. The SMILES string of the molecule is ClOCl.[Pm]. The molecular formula is Cl2OPm. The maximum atomic E-state index is 4.26. The molecule has 0 atom stereocenters. The van der Waals surface area contributed by atoms with Crippen molar-refractivity contribution in [2.24, 2.45) is 0 Å². The van der Waals surface area contributed by atoms with Crippen LogP contribution in [0.4, 0.5) is 0 Å². The predicted molar refractivity (Wildman–Crippen MR) is 12.8 cm³/mol. The monoisotopic (exact) mass is 231 g/mol. The topological polar surface area (TPSA) is 9.23 Å². The summed E-state index contributed by atoms with van der Waals surface area (Å²) in [5.74, 6) is 0. The number of hydrogen-bond acceptors (Lipinski definition) is 1. The van der Waals surface area contributed by atoms with E-state index in [0.29, 0.717) is 0 Å². The van der Waals surface area contributed by atoms with Crippen molar-refractivity contribution < 1.29 is 44.2 Å². The zero-order valence-electron chi connectivity index (χ0n) is 1.61. The second-order valence-corrected chi connectivity index (χ2v) is 0.525. The van der Waals surface area contributed by atoms with E-state index < -0.39 is 0 Å². The van der Waals surface area contributed by atoms with Gasteiger partial charge >= 0.3 is 0 Å². The minimum atomic E-state index is 0. The Morgan fingerprint density at radius 3 is 1.25 bits per heavy atom. The van der Waals surface area contributed by atoms with Gasteiger partial charge in [-0.1, -0.05) is 0 Å². The van der Waals surface area contributed by atoms with E-state index in [1.54, 1.807) is 0 Å². The van der Waals surface area contributed by atoms with Crippen LogP contribution in [0.2, 0.25) is 0 Å². The van der Waals surface area contributed by atoms with Gasteiger partial charge in [0.25, 0.3) is 0 Å². The first-order valence-corrected chi connectivity index (χ1v) is 0.926. The first-order chi connectivity index (χ1) is 1.41. The van der Waals surface area contributed by atoms with Crippen LogP contribution >= 0.6 is 23.7 Å². The van der Waals surface area contributed by atoms with Crippen molar-refractivity contribution in [1.82, 2.24) is 0 Å². The van der Waals surface area contributed by atoms with Crippen molar-refractivity contribution in [3.05, 3.63) is 0 Å². The van der Waals surface area contributed by atoms with Crippen LogP contribution in [0.5, 0.6) is 0 Å². The average molecular weight is 232 g/mol. The van der Waals surface area contributed by atoms with Gasteiger partial charge in [0.15, 0.2) is 0 Å². The largest absolute Gasteiger partial charge is 0.166 e. The molecule has 0 saturated heterocycles. The molecule has 0 heterocycles. The van der Waals surface area contributed by atoms with Gasteiger partial charge in [-0.25, -0.2) is 0 Å². The molecule has 0 aromatic carbocycles. The second-order valence-electron chi connectivity index (χ2n) is 0.0583. The molecule has 0 aliphatic carbocycles. The van der Waals surface area contributed by atoms with E-state index in [0.717, 1.165) is 0 Å². The van der Waals surface area contributed by atoms with Crippen LogP contribution in [0.1, 0.15) is 0 Å². The van der Waals surface area contributed by atoms with Crippen LogP contribution in [0.3, 0.4) is 0 Å². The summed E-state index contributed by atoms with van der Waals surface area (Å²) in [5.41, 5.74) is 0. The fraction of sp³-hybridized carbons (Fsp3) is 0. The van der Waals surface area contributed by atoms with Gasteiger partial charge in [0.05, 0.1) is 23.7 Å². The molecule has 0 bridgehead atoms. The molecule has 0 aliphatic heterocycles. The van der Waals surface area contributed by atoms with E-state index >= 15 is 0 Å². The molecule has 0 amide bonds. The second kappa shape index (κ2) is 8.86. The van der Waals surface area contributed by atoms with Gasteiger partial charge < -0.3 is 0 Å². The molecule has 0 N–H and O–H groups in total. The molecule has 25 valence electrons. The summed E-state index contributed by atoms with van der Waals surface area (Å²) in [6.45, 7) is 0. The van der Waals surface area contributed by atoms with Gasteiger partial charge in [0.2, 0.25) is 0 Å². The average Bonchev–Trinajstić information content (AvgIpc) is 0.918. The van der Waals surface area contributed by atoms with E-state index in [1.807, 2.05) is 0 Å². The molecule has 0 spiro atoms. The van der Waals surface area contributed by atoms with Gasteiger partial charge in [-0.15, -0.1) is 0 Å². The van der Waals surface area contributed by atoms with Crippen LogP contribution < -0.4 is 0 Å². The van der Waals surface area contributed by atoms with Gasteiger partial charge in [0, 0.05) is 40.4 Å². The van der Waals surface area contributed by atoms with Crippen molar-refractivity contribution >= 4 is 23.7 Å². The summed E-state index contributed by atoms with van der Waals surface area (Å²) in [6.07, 6.45) is 0. The van der Waals surface area contributed by atoms with Crippen molar-refractivity contribution in [3.8, 4) is 0 Å². The first-order valence-electron chi connectivity index (χ1n) is 0.309. The fourth-order valence-electron chi connectivity index (χ4n) is 0. The van der Waals surface area contributed by atoms with Gasteiger partial charge in [-0.3, -0.25) is 0 Å². The molecule has 0 unspecified atom stereocenters. The maximum absolute atomic E-state index is 4.26.